The summed E-state index contributed by atoms with van der Waals surface area (Å²) in [6, 6.07) is 2.08. The molecule has 0 unspecified atom stereocenters. The molecule has 0 aliphatic rings. The minimum atomic E-state index is 0.559. The first-order chi connectivity index (χ1) is 6.85. The predicted molar refractivity (Wildman–Crippen MR) is 58.6 cm³/mol. The van der Waals surface area contributed by atoms with Crippen LogP contribution in [-0.2, 0) is 0 Å². The lowest BCUT2D eigenvalue weighted by atomic mass is 10.4. The van der Waals surface area contributed by atoms with Gasteiger partial charge in [-0.3, -0.25) is 10.9 Å². The molecular formula is C10H22N4. The lowest BCUT2D eigenvalue weighted by Gasteiger charge is -2.17. The Morgan fingerprint density at radius 3 is 2.36 bits per heavy atom. The molecule has 0 aliphatic carbocycles. The highest BCUT2D eigenvalue weighted by molar-refractivity contribution is 4.69. The fourth-order valence-electron chi connectivity index (χ4n) is 1.23. The van der Waals surface area contributed by atoms with E-state index < -0.39 is 0 Å². The van der Waals surface area contributed by atoms with Crippen LogP contribution in [0.15, 0.2) is 0 Å². The van der Waals surface area contributed by atoms with Crippen LogP contribution in [0.5, 0.6) is 0 Å². The van der Waals surface area contributed by atoms with Gasteiger partial charge in [0.25, 0.3) is 0 Å². The SMILES string of the molecule is CCN(CC)CCCNNCCC#N. The van der Waals surface area contributed by atoms with Crippen molar-refractivity contribution in [2.45, 2.75) is 26.7 Å². The van der Waals surface area contributed by atoms with E-state index in [2.05, 4.69) is 35.7 Å². The standard InChI is InChI=1S/C10H22N4/c1-3-14(4-2)10-6-9-13-12-8-5-7-11/h12-13H,3-6,8-10H2,1-2H3. The van der Waals surface area contributed by atoms with Gasteiger partial charge in [0.2, 0.25) is 0 Å². The number of hydrogen-bond donors (Lipinski definition) is 2. The van der Waals surface area contributed by atoms with Gasteiger partial charge >= 0.3 is 0 Å². The van der Waals surface area contributed by atoms with Crippen LogP contribution >= 0.6 is 0 Å². The van der Waals surface area contributed by atoms with Crippen LogP contribution in [0.1, 0.15) is 26.7 Å². The number of nitrogens with one attached hydrogen (secondary N) is 2. The molecule has 0 spiro atoms. The highest BCUT2D eigenvalue weighted by Gasteiger charge is 1.96. The average molecular weight is 198 g/mol. The summed E-state index contributed by atoms with van der Waals surface area (Å²) in [5, 5.41) is 8.28. The van der Waals surface area contributed by atoms with Crippen molar-refractivity contribution in [3.05, 3.63) is 0 Å². The summed E-state index contributed by atoms with van der Waals surface area (Å²) < 4.78 is 0. The molecule has 0 atom stereocenters. The molecule has 0 amide bonds. The Kier molecular flexibility index (Phi) is 9.98. The molecule has 0 saturated heterocycles. The van der Waals surface area contributed by atoms with Crippen LogP contribution in [0.3, 0.4) is 0 Å². The molecule has 0 saturated carbocycles. The number of hydrazine groups is 1. The van der Waals surface area contributed by atoms with Crippen molar-refractivity contribution in [2.75, 3.05) is 32.7 Å². The summed E-state index contributed by atoms with van der Waals surface area (Å²) in [5.41, 5.74) is 6.10. The van der Waals surface area contributed by atoms with E-state index in [1.165, 1.54) is 0 Å². The summed E-state index contributed by atoms with van der Waals surface area (Å²) in [4.78, 5) is 2.40. The Morgan fingerprint density at radius 1 is 1.14 bits per heavy atom. The van der Waals surface area contributed by atoms with Crippen molar-refractivity contribution < 1.29 is 0 Å². The van der Waals surface area contributed by atoms with Gasteiger partial charge in [0.05, 0.1) is 6.07 Å². The second-order valence-electron chi connectivity index (χ2n) is 3.14. The first-order valence-electron chi connectivity index (χ1n) is 5.40. The van der Waals surface area contributed by atoms with Crippen LogP contribution in [0.2, 0.25) is 0 Å². The van der Waals surface area contributed by atoms with Crippen LogP contribution in [0.4, 0.5) is 0 Å². The minimum Gasteiger partial charge on any atom is -0.304 e. The van der Waals surface area contributed by atoms with Crippen molar-refractivity contribution in [3.8, 4) is 6.07 Å². The summed E-state index contributed by atoms with van der Waals surface area (Å²) in [6.07, 6.45) is 1.70. The van der Waals surface area contributed by atoms with Crippen LogP contribution in [-0.4, -0.2) is 37.6 Å². The van der Waals surface area contributed by atoms with Gasteiger partial charge in [0.1, 0.15) is 0 Å². The average Bonchev–Trinajstić information content (AvgIpc) is 2.22. The maximum atomic E-state index is 8.28. The third kappa shape index (κ3) is 7.99. The summed E-state index contributed by atoms with van der Waals surface area (Å²) >= 11 is 0. The summed E-state index contributed by atoms with van der Waals surface area (Å²) in [6.45, 7) is 9.44. The van der Waals surface area contributed by atoms with Gasteiger partial charge in [-0.1, -0.05) is 13.8 Å². The van der Waals surface area contributed by atoms with E-state index in [1.807, 2.05) is 0 Å². The second-order valence-corrected chi connectivity index (χ2v) is 3.14. The maximum Gasteiger partial charge on any atom is 0.0635 e. The quantitative estimate of drug-likeness (QED) is 0.423. The molecule has 14 heavy (non-hydrogen) atoms. The first kappa shape index (κ1) is 13.4. The summed E-state index contributed by atoms with van der Waals surface area (Å²) in [5.74, 6) is 0. The van der Waals surface area contributed by atoms with E-state index in [-0.39, 0.29) is 0 Å². The first-order valence-corrected chi connectivity index (χ1v) is 5.40. The van der Waals surface area contributed by atoms with Gasteiger partial charge in [-0.2, -0.15) is 5.26 Å². The van der Waals surface area contributed by atoms with E-state index >= 15 is 0 Å². The monoisotopic (exact) mass is 198 g/mol. The van der Waals surface area contributed by atoms with E-state index in [1.54, 1.807) is 0 Å². The van der Waals surface area contributed by atoms with Crippen molar-refractivity contribution in [3.63, 3.8) is 0 Å². The lowest BCUT2D eigenvalue weighted by Crippen LogP contribution is -2.35. The second kappa shape index (κ2) is 10.5. The molecule has 0 rings (SSSR count). The fraction of sp³-hybridized carbons (Fsp3) is 0.900. The number of nitriles is 1. The number of nitrogens with zero attached hydrogens (tertiary/aromatic N) is 2. The fourth-order valence-corrected chi connectivity index (χ4v) is 1.23. The molecule has 0 fully saturated rings. The Labute approximate surface area is 87.2 Å². The van der Waals surface area contributed by atoms with Crippen molar-refractivity contribution in [1.82, 2.24) is 15.8 Å². The third-order valence-electron chi connectivity index (χ3n) is 2.16. The Morgan fingerprint density at radius 2 is 1.79 bits per heavy atom. The van der Waals surface area contributed by atoms with E-state index in [9.17, 15) is 0 Å². The lowest BCUT2D eigenvalue weighted by molar-refractivity contribution is 0.295. The molecular weight excluding hydrogens is 176 g/mol. The van der Waals surface area contributed by atoms with Gasteiger partial charge < -0.3 is 4.90 Å². The van der Waals surface area contributed by atoms with Gasteiger partial charge in [-0.15, -0.1) is 0 Å². The number of rotatable bonds is 9. The van der Waals surface area contributed by atoms with E-state index in [0.717, 1.165) is 39.1 Å². The zero-order chi connectivity index (χ0) is 10.6. The van der Waals surface area contributed by atoms with Gasteiger partial charge in [-0.25, -0.2) is 0 Å². The maximum absolute atomic E-state index is 8.28. The zero-order valence-electron chi connectivity index (χ0n) is 9.34. The smallest absolute Gasteiger partial charge is 0.0635 e. The summed E-state index contributed by atoms with van der Waals surface area (Å²) in [7, 11) is 0. The Balaban J connectivity index is 3.09. The van der Waals surface area contributed by atoms with E-state index in [0.29, 0.717) is 6.42 Å². The molecule has 0 aromatic rings. The highest BCUT2D eigenvalue weighted by Crippen LogP contribution is 1.88. The normalized spacial score (nSPS) is 10.4. The molecule has 0 aromatic carbocycles. The third-order valence-corrected chi connectivity index (χ3v) is 2.16. The van der Waals surface area contributed by atoms with E-state index in [4.69, 9.17) is 5.26 Å². The van der Waals surface area contributed by atoms with Gasteiger partial charge in [0.15, 0.2) is 0 Å². The Hall–Kier alpha value is -0.630. The molecule has 2 N–H and O–H groups in total. The molecule has 4 nitrogen and oxygen atoms in total. The molecule has 82 valence electrons. The molecule has 0 heterocycles. The van der Waals surface area contributed by atoms with Crippen molar-refractivity contribution in [1.29, 1.82) is 5.26 Å². The number of hydrogen-bond acceptors (Lipinski definition) is 4. The largest absolute Gasteiger partial charge is 0.304 e. The predicted octanol–water partition coefficient (Wildman–Crippen LogP) is 0.726. The van der Waals surface area contributed by atoms with Gasteiger partial charge in [-0.05, 0) is 26.1 Å². The molecule has 0 aliphatic heterocycles. The molecule has 0 radical (unpaired) electrons. The van der Waals surface area contributed by atoms with Crippen LogP contribution < -0.4 is 10.9 Å². The van der Waals surface area contributed by atoms with Gasteiger partial charge in [0, 0.05) is 19.5 Å². The van der Waals surface area contributed by atoms with Crippen molar-refractivity contribution >= 4 is 0 Å². The minimum absolute atomic E-state index is 0.559. The van der Waals surface area contributed by atoms with Crippen LogP contribution in [0, 0.1) is 11.3 Å². The Bertz CT molecular complexity index is 149. The zero-order valence-corrected chi connectivity index (χ0v) is 9.34. The van der Waals surface area contributed by atoms with Crippen molar-refractivity contribution in [2.24, 2.45) is 0 Å². The van der Waals surface area contributed by atoms with Crippen LogP contribution in [0.25, 0.3) is 0 Å². The molecule has 4 heteroatoms. The molecule has 0 bridgehead atoms. The molecule has 0 aromatic heterocycles. The highest BCUT2D eigenvalue weighted by atomic mass is 15.3. The topological polar surface area (TPSA) is 51.1 Å².